The number of aromatic nitrogens is 2. The lowest BCUT2D eigenvalue weighted by Crippen LogP contribution is -2.11. The molecule has 1 unspecified atom stereocenters. The summed E-state index contributed by atoms with van der Waals surface area (Å²) in [4.78, 5) is 17.1. The number of hydrogen-bond donors (Lipinski definition) is 3. The van der Waals surface area contributed by atoms with Crippen molar-refractivity contribution in [2.75, 3.05) is 6.54 Å². The second-order valence-electron chi connectivity index (χ2n) is 2.89. The lowest BCUT2D eigenvalue weighted by molar-refractivity contribution is 0.186. The van der Waals surface area contributed by atoms with Crippen molar-refractivity contribution in [3.05, 3.63) is 28.4 Å². The minimum Gasteiger partial charge on any atom is -0.389 e. The zero-order valence-corrected chi connectivity index (χ0v) is 7.23. The van der Waals surface area contributed by atoms with Crippen LogP contribution in [0.4, 0.5) is 0 Å². The van der Waals surface area contributed by atoms with E-state index in [0.29, 0.717) is 11.1 Å². The fourth-order valence-corrected chi connectivity index (χ4v) is 1.18. The van der Waals surface area contributed by atoms with E-state index in [4.69, 9.17) is 10.2 Å². The molecule has 0 saturated carbocycles. The lowest BCUT2D eigenvalue weighted by atomic mass is 10.1. The molecular formula is C8H9N3O3. The minimum absolute atomic E-state index is 0.106. The molecule has 1 atom stereocenters. The van der Waals surface area contributed by atoms with Crippen LogP contribution in [-0.2, 0) is 0 Å². The third-order valence-electron chi connectivity index (χ3n) is 1.91. The molecule has 0 fully saturated rings. The smallest absolute Gasteiger partial charge is 0.389 e. The molecule has 0 aromatic carbocycles. The van der Waals surface area contributed by atoms with E-state index < -0.39 is 11.9 Å². The van der Waals surface area contributed by atoms with Crippen LogP contribution in [0.2, 0.25) is 0 Å². The first-order valence-corrected chi connectivity index (χ1v) is 4.07. The highest BCUT2D eigenvalue weighted by Crippen LogP contribution is 2.14. The molecule has 0 aliphatic carbocycles. The van der Waals surface area contributed by atoms with Gasteiger partial charge >= 0.3 is 5.76 Å². The second kappa shape index (κ2) is 3.24. The van der Waals surface area contributed by atoms with Crippen LogP contribution < -0.4 is 11.5 Å². The highest BCUT2D eigenvalue weighted by atomic mass is 16.4. The monoisotopic (exact) mass is 195 g/mol. The quantitative estimate of drug-likeness (QED) is 0.599. The van der Waals surface area contributed by atoms with Crippen LogP contribution in [0.15, 0.2) is 21.5 Å². The predicted molar refractivity (Wildman–Crippen MR) is 48.6 cm³/mol. The van der Waals surface area contributed by atoms with Crippen LogP contribution in [0.3, 0.4) is 0 Å². The number of nitrogens with zero attached hydrogens (tertiary/aromatic N) is 1. The van der Waals surface area contributed by atoms with Gasteiger partial charge in [0.15, 0.2) is 0 Å². The molecule has 6 nitrogen and oxygen atoms in total. The average molecular weight is 195 g/mol. The molecule has 0 aliphatic heterocycles. The van der Waals surface area contributed by atoms with E-state index in [0.717, 1.165) is 0 Å². The zero-order valence-electron chi connectivity index (χ0n) is 7.23. The first-order chi connectivity index (χ1) is 6.70. The maximum Gasteiger partial charge on any atom is 0.418 e. The standard InChI is InChI=1S/C8H9N3O3/c9-2-6(12)4-1-5-7(10-3-4)14-8(13)11-5/h1,3,6,12H,2,9H2,(H,11,13). The number of nitrogens with one attached hydrogen (secondary N) is 1. The first kappa shape index (κ1) is 8.92. The fraction of sp³-hybridized carbons (Fsp3) is 0.250. The molecule has 0 spiro atoms. The van der Waals surface area contributed by atoms with Gasteiger partial charge in [0.05, 0.1) is 6.10 Å². The van der Waals surface area contributed by atoms with E-state index in [2.05, 4.69) is 9.97 Å². The SMILES string of the molecule is NCC(O)c1cnc2oc(=O)[nH]c2c1. The Kier molecular flexibility index (Phi) is 2.06. The Balaban J connectivity index is 2.55. The van der Waals surface area contributed by atoms with E-state index in [-0.39, 0.29) is 12.3 Å². The van der Waals surface area contributed by atoms with Crippen LogP contribution in [0.5, 0.6) is 0 Å². The summed E-state index contributed by atoms with van der Waals surface area (Å²) >= 11 is 0. The van der Waals surface area contributed by atoms with Crippen molar-refractivity contribution in [3.8, 4) is 0 Å². The van der Waals surface area contributed by atoms with Crippen molar-refractivity contribution in [1.29, 1.82) is 0 Å². The molecule has 2 aromatic heterocycles. The molecule has 14 heavy (non-hydrogen) atoms. The Morgan fingerprint density at radius 3 is 3.21 bits per heavy atom. The molecule has 4 N–H and O–H groups in total. The summed E-state index contributed by atoms with van der Waals surface area (Å²) in [6.45, 7) is 0.106. The summed E-state index contributed by atoms with van der Waals surface area (Å²) in [7, 11) is 0. The molecule has 74 valence electrons. The Bertz CT molecular complexity index is 502. The van der Waals surface area contributed by atoms with Gasteiger partial charge in [-0.05, 0) is 6.07 Å². The molecule has 2 aromatic rings. The van der Waals surface area contributed by atoms with Crippen LogP contribution in [0, 0.1) is 0 Å². The number of hydrogen-bond acceptors (Lipinski definition) is 5. The molecule has 0 amide bonds. The third kappa shape index (κ3) is 1.40. The first-order valence-electron chi connectivity index (χ1n) is 4.07. The minimum atomic E-state index is -0.773. The fourth-order valence-electron chi connectivity index (χ4n) is 1.18. The highest BCUT2D eigenvalue weighted by molar-refractivity contribution is 5.67. The summed E-state index contributed by atoms with van der Waals surface area (Å²) in [6.07, 6.45) is 0.654. The maximum atomic E-state index is 10.8. The van der Waals surface area contributed by atoms with E-state index in [1.807, 2.05) is 0 Å². The molecule has 6 heteroatoms. The van der Waals surface area contributed by atoms with E-state index in [1.165, 1.54) is 6.20 Å². The van der Waals surface area contributed by atoms with E-state index in [1.54, 1.807) is 6.07 Å². The van der Waals surface area contributed by atoms with Gasteiger partial charge in [-0.1, -0.05) is 0 Å². The number of nitrogens with two attached hydrogens (primary N) is 1. The maximum absolute atomic E-state index is 10.8. The van der Waals surface area contributed by atoms with Crippen LogP contribution in [-0.4, -0.2) is 21.6 Å². The number of H-pyrrole nitrogens is 1. The molecule has 0 saturated heterocycles. The number of aliphatic hydroxyl groups excluding tert-OH is 1. The van der Waals surface area contributed by atoms with Crippen molar-refractivity contribution in [2.45, 2.75) is 6.10 Å². The van der Waals surface area contributed by atoms with Gasteiger partial charge in [-0.3, -0.25) is 4.98 Å². The summed E-state index contributed by atoms with van der Waals surface area (Å²) in [6, 6.07) is 1.59. The van der Waals surface area contributed by atoms with Gasteiger partial charge in [0.1, 0.15) is 5.52 Å². The topological polar surface area (TPSA) is 105 Å². The van der Waals surface area contributed by atoms with Crippen molar-refractivity contribution < 1.29 is 9.52 Å². The third-order valence-corrected chi connectivity index (χ3v) is 1.91. The van der Waals surface area contributed by atoms with Gasteiger partial charge in [-0.15, -0.1) is 0 Å². The largest absolute Gasteiger partial charge is 0.418 e. The lowest BCUT2D eigenvalue weighted by Gasteiger charge is -2.05. The van der Waals surface area contributed by atoms with Crippen molar-refractivity contribution in [3.63, 3.8) is 0 Å². The summed E-state index contributed by atoms with van der Waals surface area (Å²) in [5.41, 5.74) is 6.52. The summed E-state index contributed by atoms with van der Waals surface area (Å²) < 4.78 is 4.70. The highest BCUT2D eigenvalue weighted by Gasteiger charge is 2.08. The molecule has 0 radical (unpaired) electrons. The second-order valence-corrected chi connectivity index (χ2v) is 2.89. The van der Waals surface area contributed by atoms with Crippen molar-refractivity contribution >= 4 is 11.2 Å². The summed E-state index contributed by atoms with van der Waals surface area (Å²) in [5.74, 6) is -0.563. The molecule has 0 aliphatic rings. The van der Waals surface area contributed by atoms with Crippen LogP contribution in [0.25, 0.3) is 11.2 Å². The molecule has 2 heterocycles. The number of oxazole rings is 1. The van der Waals surface area contributed by atoms with Crippen molar-refractivity contribution in [1.82, 2.24) is 9.97 Å². The normalized spacial score (nSPS) is 13.3. The van der Waals surface area contributed by atoms with Gasteiger partial charge in [-0.2, -0.15) is 0 Å². The Morgan fingerprint density at radius 2 is 2.50 bits per heavy atom. The van der Waals surface area contributed by atoms with Gasteiger partial charge in [0, 0.05) is 18.3 Å². The van der Waals surface area contributed by atoms with Gasteiger partial charge in [0.25, 0.3) is 0 Å². The van der Waals surface area contributed by atoms with Gasteiger partial charge in [0.2, 0.25) is 5.71 Å². The Labute approximate surface area is 78.4 Å². The number of aromatic amines is 1. The molecule has 2 rings (SSSR count). The predicted octanol–water partition coefficient (Wildman–Crippen LogP) is -0.492. The van der Waals surface area contributed by atoms with Crippen LogP contribution in [0.1, 0.15) is 11.7 Å². The Morgan fingerprint density at radius 1 is 1.71 bits per heavy atom. The number of rotatable bonds is 2. The van der Waals surface area contributed by atoms with E-state index >= 15 is 0 Å². The van der Waals surface area contributed by atoms with Crippen molar-refractivity contribution in [2.24, 2.45) is 5.73 Å². The van der Waals surface area contributed by atoms with Gasteiger partial charge in [-0.25, -0.2) is 9.78 Å². The van der Waals surface area contributed by atoms with Crippen LogP contribution >= 0.6 is 0 Å². The average Bonchev–Trinajstić information content (AvgIpc) is 2.55. The molecule has 0 bridgehead atoms. The van der Waals surface area contributed by atoms with Gasteiger partial charge < -0.3 is 15.3 Å². The zero-order chi connectivity index (χ0) is 10.1. The van der Waals surface area contributed by atoms with E-state index in [9.17, 15) is 9.90 Å². The Hall–Kier alpha value is -1.66. The summed E-state index contributed by atoms with van der Waals surface area (Å²) in [5, 5.41) is 9.41. The number of fused-ring (bicyclic) bond motifs is 1. The number of aliphatic hydroxyl groups is 1. The molecular weight excluding hydrogens is 186 g/mol. The number of pyridine rings is 1.